The zero-order chi connectivity index (χ0) is 46.1. The summed E-state index contributed by atoms with van der Waals surface area (Å²) in [6.45, 7) is 5.29. The number of aromatic amines is 1. The van der Waals surface area contributed by atoms with Gasteiger partial charge in [0, 0.05) is 30.8 Å². The smallest absolute Gasteiger partial charge is 0.305 e. The zero-order valence-corrected chi connectivity index (χ0v) is 33.4. The van der Waals surface area contributed by atoms with E-state index in [9.17, 15) is 58.2 Å². The number of carboxylic acid groups (broad SMARTS) is 3. The van der Waals surface area contributed by atoms with Crippen LogP contribution < -0.4 is 48.5 Å². The second-order valence-corrected chi connectivity index (χ2v) is 13.6. The SMILES string of the molecule is C=CC[C@H](NC(=O)[C@H](CC(=O)O)NC(=O)CC[C@@H](C)NC(=O)c1ccc(NCc2cnc3nc(N)[nH]c(=O)c3n2)cc1)C(=O)N[C@@H](CC(=O)O)C(=O)N[C@@H](CC(=O)O)C(=O)NC. The Kier molecular flexibility index (Phi) is 17.9. The van der Waals surface area contributed by atoms with Gasteiger partial charge in [-0.3, -0.25) is 52.9 Å². The Morgan fingerprint density at radius 2 is 1.31 bits per heavy atom. The minimum absolute atomic E-state index is 0.0213. The maximum Gasteiger partial charge on any atom is 0.305 e. The summed E-state index contributed by atoms with van der Waals surface area (Å²) in [5.41, 5.74) is 6.45. The average molecular weight is 867 g/mol. The molecule has 6 amide bonds. The highest BCUT2D eigenvalue weighted by Crippen LogP contribution is 2.13. The molecule has 0 radical (unpaired) electrons. The number of carboxylic acids is 3. The zero-order valence-electron chi connectivity index (χ0n) is 33.4. The molecule has 332 valence electrons. The van der Waals surface area contributed by atoms with Crippen LogP contribution in [-0.2, 0) is 44.9 Å². The van der Waals surface area contributed by atoms with Gasteiger partial charge >= 0.3 is 17.9 Å². The van der Waals surface area contributed by atoms with Gasteiger partial charge in [-0.15, -0.1) is 6.58 Å². The molecule has 1 aromatic carbocycles. The lowest BCUT2D eigenvalue weighted by molar-refractivity contribution is -0.143. The number of hydrogen-bond donors (Lipinski definition) is 12. The lowest BCUT2D eigenvalue weighted by Crippen LogP contribution is -2.58. The molecule has 0 aliphatic heterocycles. The van der Waals surface area contributed by atoms with Gasteiger partial charge in [-0.25, -0.2) is 9.97 Å². The summed E-state index contributed by atoms with van der Waals surface area (Å²) in [5, 5.41) is 44.6. The standard InChI is InChI=1S/C37H46N12O13/c1-4-5-21(33(59)47-24(14-28(55)56)35(61)46-22(12-26(51)52)32(58)39-3)45-34(60)23(13-27(53)54)44-25(50)11-6-17(2)42-31(57)18-7-9-19(10-8-18)40-15-20-16-41-30-29(43-20)36(62)49-37(38)48-30/h4,7-10,16-17,21-24,40H,1,5-6,11-15H2,2-3H3,(H,39,58)(H,42,57)(H,44,50)(H,45,60)(H,46,61)(H,47,59)(H,51,52)(H,53,54)(H,55,56)(H3,38,41,48,49,62)/t17-,21+,22+,23+,24+/m1/s1. The van der Waals surface area contributed by atoms with Gasteiger partial charge in [-0.1, -0.05) is 6.08 Å². The van der Waals surface area contributed by atoms with Crippen LogP contribution in [0.1, 0.15) is 61.5 Å². The van der Waals surface area contributed by atoms with Crippen LogP contribution in [0, 0.1) is 0 Å². The Morgan fingerprint density at radius 1 is 0.774 bits per heavy atom. The number of carbonyl (C=O) groups is 9. The number of nitrogen functional groups attached to an aromatic ring is 1. The summed E-state index contributed by atoms with van der Waals surface area (Å²) in [6, 6.07) is -1.02. The largest absolute Gasteiger partial charge is 0.481 e. The van der Waals surface area contributed by atoms with Crippen LogP contribution in [0.4, 0.5) is 11.6 Å². The molecular formula is C37H46N12O13. The molecule has 0 aliphatic carbocycles. The van der Waals surface area contributed by atoms with E-state index in [4.69, 9.17) is 10.8 Å². The first-order chi connectivity index (χ1) is 29.3. The average Bonchev–Trinajstić information content (AvgIpc) is 3.20. The van der Waals surface area contributed by atoms with Crippen molar-refractivity contribution in [3.63, 3.8) is 0 Å². The molecule has 0 spiro atoms. The van der Waals surface area contributed by atoms with Crippen LogP contribution in [0.15, 0.2) is 47.9 Å². The van der Waals surface area contributed by atoms with Crippen molar-refractivity contribution < 1.29 is 58.5 Å². The van der Waals surface area contributed by atoms with Crippen molar-refractivity contribution in [2.24, 2.45) is 0 Å². The molecule has 0 saturated carbocycles. The fourth-order valence-corrected chi connectivity index (χ4v) is 5.52. The Hall–Kier alpha value is -7.99. The van der Waals surface area contributed by atoms with Crippen LogP contribution >= 0.6 is 0 Å². The number of fused-ring (bicyclic) bond motifs is 1. The number of nitrogens with one attached hydrogen (secondary N) is 8. The molecule has 0 aliphatic rings. The molecule has 62 heavy (non-hydrogen) atoms. The van der Waals surface area contributed by atoms with E-state index in [1.165, 1.54) is 19.3 Å². The maximum atomic E-state index is 13.2. The predicted molar refractivity (Wildman–Crippen MR) is 216 cm³/mol. The van der Waals surface area contributed by atoms with Crippen molar-refractivity contribution >= 4 is 76.2 Å². The van der Waals surface area contributed by atoms with E-state index >= 15 is 0 Å². The van der Waals surface area contributed by atoms with E-state index in [2.05, 4.69) is 63.7 Å². The highest BCUT2D eigenvalue weighted by Gasteiger charge is 2.33. The highest BCUT2D eigenvalue weighted by atomic mass is 16.4. The molecule has 2 heterocycles. The van der Waals surface area contributed by atoms with Crippen molar-refractivity contribution in [1.82, 2.24) is 51.8 Å². The van der Waals surface area contributed by atoms with E-state index in [0.29, 0.717) is 11.4 Å². The Bertz CT molecular complexity index is 2250. The lowest BCUT2D eigenvalue weighted by atomic mass is 10.1. The number of anilines is 2. The van der Waals surface area contributed by atoms with Crippen LogP contribution in [0.25, 0.3) is 11.2 Å². The quantitative estimate of drug-likeness (QED) is 0.0414. The first-order valence-corrected chi connectivity index (χ1v) is 18.6. The Morgan fingerprint density at radius 3 is 1.85 bits per heavy atom. The third-order valence-corrected chi connectivity index (χ3v) is 8.62. The number of hydrogen-bond acceptors (Lipinski definition) is 15. The number of likely N-dealkylation sites (N-methyl/N-ethyl adjacent to an activating group) is 1. The molecule has 0 saturated heterocycles. The number of nitrogens with zero attached hydrogens (tertiary/aromatic N) is 3. The van der Waals surface area contributed by atoms with Crippen molar-refractivity contribution in [2.45, 2.75) is 82.2 Å². The number of carbonyl (C=O) groups excluding carboxylic acids is 6. The Balaban J connectivity index is 1.56. The summed E-state index contributed by atoms with van der Waals surface area (Å²) in [7, 11) is 1.17. The molecular weight excluding hydrogens is 820 g/mol. The van der Waals surface area contributed by atoms with E-state index in [0.717, 1.165) is 0 Å². The summed E-state index contributed by atoms with van der Waals surface area (Å²) < 4.78 is 0. The monoisotopic (exact) mass is 866 g/mol. The summed E-state index contributed by atoms with van der Waals surface area (Å²) in [4.78, 5) is 138. The number of nitrogens with two attached hydrogens (primary N) is 1. The fourth-order valence-electron chi connectivity index (χ4n) is 5.52. The molecule has 0 bridgehead atoms. The molecule has 3 rings (SSSR count). The van der Waals surface area contributed by atoms with E-state index in [-0.39, 0.29) is 48.5 Å². The molecule has 0 unspecified atom stereocenters. The second kappa shape index (κ2) is 23.0. The third-order valence-electron chi connectivity index (χ3n) is 8.62. The number of aliphatic carboxylic acids is 3. The van der Waals surface area contributed by atoms with Gasteiger partial charge in [0.1, 0.15) is 24.2 Å². The molecule has 3 aromatic rings. The number of aromatic nitrogens is 4. The minimum atomic E-state index is -1.87. The van der Waals surface area contributed by atoms with Crippen LogP contribution in [0.3, 0.4) is 0 Å². The lowest BCUT2D eigenvalue weighted by Gasteiger charge is -2.25. The van der Waals surface area contributed by atoms with Gasteiger partial charge in [-0.05, 0) is 44.0 Å². The van der Waals surface area contributed by atoms with Gasteiger partial charge in [0.2, 0.25) is 35.5 Å². The van der Waals surface area contributed by atoms with Gasteiger partial charge in [-0.2, -0.15) is 4.98 Å². The summed E-state index contributed by atoms with van der Waals surface area (Å²) in [5.74, 6) is -10.3. The van der Waals surface area contributed by atoms with Gasteiger partial charge in [0.25, 0.3) is 11.5 Å². The first-order valence-electron chi connectivity index (χ1n) is 18.6. The van der Waals surface area contributed by atoms with E-state index < -0.39 is 108 Å². The molecule has 5 atom stereocenters. The van der Waals surface area contributed by atoms with Gasteiger partial charge in [0.15, 0.2) is 11.2 Å². The number of rotatable bonds is 24. The molecule has 0 fully saturated rings. The van der Waals surface area contributed by atoms with Gasteiger partial charge < -0.3 is 58.3 Å². The van der Waals surface area contributed by atoms with Crippen molar-refractivity contribution in [2.75, 3.05) is 18.1 Å². The van der Waals surface area contributed by atoms with E-state index in [1.807, 2.05) is 0 Å². The topological polar surface area (TPSA) is 396 Å². The molecule has 25 heteroatoms. The van der Waals surface area contributed by atoms with Crippen LogP contribution in [0.5, 0.6) is 0 Å². The van der Waals surface area contributed by atoms with E-state index in [1.54, 1.807) is 31.2 Å². The predicted octanol–water partition coefficient (Wildman–Crippen LogP) is -2.51. The summed E-state index contributed by atoms with van der Waals surface area (Å²) >= 11 is 0. The molecule has 25 nitrogen and oxygen atoms in total. The number of benzene rings is 1. The third kappa shape index (κ3) is 15.3. The van der Waals surface area contributed by atoms with Crippen molar-refractivity contribution in [3.8, 4) is 0 Å². The van der Waals surface area contributed by atoms with Crippen LogP contribution in [0.2, 0.25) is 0 Å². The Labute approximate surface area is 351 Å². The summed E-state index contributed by atoms with van der Waals surface area (Å²) in [6.07, 6.45) is -0.744. The second-order valence-electron chi connectivity index (χ2n) is 13.6. The van der Waals surface area contributed by atoms with Crippen molar-refractivity contribution in [1.29, 1.82) is 0 Å². The minimum Gasteiger partial charge on any atom is -0.481 e. The van der Waals surface area contributed by atoms with Crippen LogP contribution in [-0.4, -0.2) is 126 Å². The maximum absolute atomic E-state index is 13.2. The highest BCUT2D eigenvalue weighted by molar-refractivity contribution is 5.98. The number of amides is 6. The molecule has 13 N–H and O–H groups in total. The van der Waals surface area contributed by atoms with Gasteiger partial charge in [0.05, 0.1) is 37.7 Å². The normalized spacial score (nSPS) is 13.1. The first kappa shape index (κ1) is 48.4. The molecule has 2 aromatic heterocycles. The number of H-pyrrole nitrogens is 1. The van der Waals surface area contributed by atoms with Crippen molar-refractivity contribution in [3.05, 3.63) is 64.7 Å². The fraction of sp³-hybridized carbons (Fsp3) is 0.378.